The monoisotopic (exact) mass is 462 g/mol. The van der Waals surface area contributed by atoms with Crippen LogP contribution in [0.15, 0.2) is 11.2 Å². The average molecular weight is 462 g/mol. The number of aliphatic imine (C=N–C) groups is 1. The highest BCUT2D eigenvalue weighted by molar-refractivity contribution is 14.0. The highest BCUT2D eigenvalue weighted by atomic mass is 127. The molecule has 0 saturated carbocycles. The summed E-state index contributed by atoms with van der Waals surface area (Å²) >= 11 is 0. The molecule has 1 aromatic heterocycles. The van der Waals surface area contributed by atoms with Crippen molar-refractivity contribution in [3.8, 4) is 0 Å². The number of aromatic nitrogens is 2. The van der Waals surface area contributed by atoms with Crippen LogP contribution in [0.5, 0.6) is 0 Å². The van der Waals surface area contributed by atoms with Gasteiger partial charge in [-0.05, 0) is 26.2 Å². The molecule has 0 radical (unpaired) electrons. The smallest absolute Gasteiger partial charge is 0.194 e. The lowest BCUT2D eigenvalue weighted by atomic mass is 10.1. The van der Waals surface area contributed by atoms with Crippen molar-refractivity contribution >= 4 is 29.9 Å². The van der Waals surface area contributed by atoms with Gasteiger partial charge in [-0.3, -0.25) is 10.00 Å². The third-order valence-electron chi connectivity index (χ3n) is 4.88. The van der Waals surface area contributed by atoms with Gasteiger partial charge in [0.05, 0.1) is 19.3 Å². The van der Waals surface area contributed by atoms with Gasteiger partial charge in [-0.1, -0.05) is 0 Å². The molecule has 2 N–H and O–H groups in total. The Morgan fingerprint density at radius 2 is 2.20 bits per heavy atom. The van der Waals surface area contributed by atoms with Crippen LogP contribution < -0.4 is 5.32 Å². The number of guanidine groups is 1. The van der Waals surface area contributed by atoms with Gasteiger partial charge in [0, 0.05) is 57.1 Å². The first-order valence-electron chi connectivity index (χ1n) is 9.08. The normalized spacial score (nSPS) is 22.1. The Morgan fingerprint density at radius 1 is 1.40 bits per heavy atom. The Morgan fingerprint density at radius 3 is 2.80 bits per heavy atom. The predicted octanol–water partition coefficient (Wildman–Crippen LogP) is 1.46. The largest absolute Gasteiger partial charge is 0.381 e. The summed E-state index contributed by atoms with van der Waals surface area (Å²) in [7, 11) is 0. The van der Waals surface area contributed by atoms with E-state index in [1.807, 2.05) is 13.1 Å². The third kappa shape index (κ3) is 5.82. The topological polar surface area (TPSA) is 68.8 Å². The van der Waals surface area contributed by atoms with Crippen molar-refractivity contribution in [2.24, 2.45) is 10.9 Å². The van der Waals surface area contributed by atoms with Crippen molar-refractivity contribution in [3.63, 3.8) is 0 Å². The van der Waals surface area contributed by atoms with Gasteiger partial charge in [-0.2, -0.15) is 5.10 Å². The lowest BCUT2D eigenvalue weighted by Crippen LogP contribution is -2.53. The second-order valence-corrected chi connectivity index (χ2v) is 6.71. The Labute approximate surface area is 167 Å². The Kier molecular flexibility index (Phi) is 8.44. The van der Waals surface area contributed by atoms with E-state index < -0.39 is 0 Å². The van der Waals surface area contributed by atoms with Crippen molar-refractivity contribution in [2.45, 2.75) is 26.8 Å². The molecule has 0 aliphatic carbocycles. The number of hydrogen-bond donors (Lipinski definition) is 2. The zero-order valence-electron chi connectivity index (χ0n) is 15.3. The van der Waals surface area contributed by atoms with E-state index in [2.05, 4.69) is 32.2 Å². The molecule has 8 heteroatoms. The van der Waals surface area contributed by atoms with E-state index >= 15 is 0 Å². The molecule has 1 unspecified atom stereocenters. The highest BCUT2D eigenvalue weighted by Gasteiger charge is 2.24. The number of rotatable bonds is 5. The van der Waals surface area contributed by atoms with Gasteiger partial charge >= 0.3 is 0 Å². The molecule has 2 aliphatic heterocycles. The molecule has 2 fully saturated rings. The molecule has 2 saturated heterocycles. The standard InChI is InChI=1S/C17H30N6O.HI/c1-3-18-17(19-10-16-11-20-21-14(16)2)23-7-5-22(6-8-23)12-15-4-9-24-13-15;/h11,15H,3-10,12-13H2,1-2H3,(H,18,19)(H,20,21);1H. The van der Waals surface area contributed by atoms with Crippen LogP contribution in [0, 0.1) is 12.8 Å². The molecule has 1 atom stereocenters. The van der Waals surface area contributed by atoms with Gasteiger partial charge in [0.25, 0.3) is 0 Å². The van der Waals surface area contributed by atoms with E-state index in [0.29, 0.717) is 6.54 Å². The summed E-state index contributed by atoms with van der Waals surface area (Å²) in [5.41, 5.74) is 2.25. The second kappa shape index (κ2) is 10.3. The number of aromatic amines is 1. The summed E-state index contributed by atoms with van der Waals surface area (Å²) in [5, 5.41) is 10.5. The number of nitrogens with zero attached hydrogens (tertiary/aromatic N) is 4. The van der Waals surface area contributed by atoms with Crippen LogP contribution in [0.3, 0.4) is 0 Å². The maximum absolute atomic E-state index is 5.49. The molecule has 3 heterocycles. The number of nitrogens with one attached hydrogen (secondary N) is 2. The summed E-state index contributed by atoms with van der Waals surface area (Å²) in [5.74, 6) is 1.74. The van der Waals surface area contributed by atoms with Crippen LogP contribution >= 0.6 is 24.0 Å². The minimum absolute atomic E-state index is 0. The summed E-state index contributed by atoms with van der Waals surface area (Å²) < 4.78 is 5.49. The Balaban J connectivity index is 0.00000225. The zero-order valence-corrected chi connectivity index (χ0v) is 17.7. The van der Waals surface area contributed by atoms with E-state index in [0.717, 1.165) is 69.1 Å². The molecule has 0 bridgehead atoms. The average Bonchev–Trinajstić information content (AvgIpc) is 3.24. The number of aryl methyl sites for hydroxylation is 1. The molecule has 0 aromatic carbocycles. The fourth-order valence-electron chi connectivity index (χ4n) is 3.36. The zero-order chi connectivity index (χ0) is 16.8. The molecular formula is C17H31IN6O. The van der Waals surface area contributed by atoms with E-state index in [-0.39, 0.29) is 24.0 Å². The summed E-state index contributed by atoms with van der Waals surface area (Å²) in [6.45, 7) is 13.0. The molecular weight excluding hydrogens is 431 g/mol. The number of H-pyrrole nitrogens is 1. The summed E-state index contributed by atoms with van der Waals surface area (Å²) in [6.07, 6.45) is 3.08. The van der Waals surface area contributed by atoms with Gasteiger partial charge in [0.1, 0.15) is 0 Å². The first-order valence-corrected chi connectivity index (χ1v) is 9.08. The molecule has 3 rings (SSSR count). The van der Waals surface area contributed by atoms with Crippen molar-refractivity contribution in [1.82, 2.24) is 25.3 Å². The van der Waals surface area contributed by atoms with E-state index in [1.165, 1.54) is 13.0 Å². The maximum Gasteiger partial charge on any atom is 0.194 e. The molecule has 7 nitrogen and oxygen atoms in total. The Bertz CT molecular complexity index is 535. The first kappa shape index (κ1) is 20.4. The number of halogens is 1. The van der Waals surface area contributed by atoms with Crippen LogP contribution in [0.2, 0.25) is 0 Å². The highest BCUT2D eigenvalue weighted by Crippen LogP contribution is 2.15. The second-order valence-electron chi connectivity index (χ2n) is 6.71. The van der Waals surface area contributed by atoms with Gasteiger partial charge in [0.15, 0.2) is 5.96 Å². The van der Waals surface area contributed by atoms with E-state index in [9.17, 15) is 0 Å². The fourth-order valence-corrected chi connectivity index (χ4v) is 3.36. The fraction of sp³-hybridized carbons (Fsp3) is 0.765. The van der Waals surface area contributed by atoms with Crippen molar-refractivity contribution in [2.75, 3.05) is 52.5 Å². The summed E-state index contributed by atoms with van der Waals surface area (Å²) in [4.78, 5) is 9.75. The number of hydrogen-bond acceptors (Lipinski definition) is 4. The van der Waals surface area contributed by atoms with Crippen LogP contribution in [0.1, 0.15) is 24.6 Å². The lowest BCUT2D eigenvalue weighted by Gasteiger charge is -2.37. The SMILES string of the molecule is CCNC(=NCc1cn[nH]c1C)N1CCN(CC2CCOC2)CC1.I. The predicted molar refractivity (Wildman–Crippen MR) is 110 cm³/mol. The first-order chi connectivity index (χ1) is 11.8. The molecule has 0 spiro atoms. The molecule has 142 valence electrons. The van der Waals surface area contributed by atoms with Crippen LogP contribution in [0.4, 0.5) is 0 Å². The molecule has 25 heavy (non-hydrogen) atoms. The van der Waals surface area contributed by atoms with Gasteiger partial charge in [-0.15, -0.1) is 24.0 Å². The lowest BCUT2D eigenvalue weighted by molar-refractivity contribution is 0.139. The van der Waals surface area contributed by atoms with Gasteiger partial charge < -0.3 is 15.0 Å². The molecule has 1 aromatic rings. The maximum atomic E-state index is 5.49. The van der Waals surface area contributed by atoms with E-state index in [1.54, 1.807) is 0 Å². The number of piperazine rings is 1. The molecule has 2 aliphatic rings. The van der Waals surface area contributed by atoms with Crippen LogP contribution in [-0.2, 0) is 11.3 Å². The summed E-state index contributed by atoms with van der Waals surface area (Å²) in [6, 6.07) is 0. The van der Waals surface area contributed by atoms with Crippen LogP contribution in [-0.4, -0.2) is 78.4 Å². The van der Waals surface area contributed by atoms with Crippen molar-refractivity contribution in [1.29, 1.82) is 0 Å². The van der Waals surface area contributed by atoms with E-state index in [4.69, 9.17) is 9.73 Å². The minimum atomic E-state index is 0. The molecule has 0 amide bonds. The third-order valence-corrected chi connectivity index (χ3v) is 4.88. The van der Waals surface area contributed by atoms with Crippen LogP contribution in [0.25, 0.3) is 0 Å². The number of ether oxygens (including phenoxy) is 1. The van der Waals surface area contributed by atoms with Crippen molar-refractivity contribution < 1.29 is 4.74 Å². The quantitative estimate of drug-likeness (QED) is 0.394. The Hall–Kier alpha value is -0.870. The van der Waals surface area contributed by atoms with Gasteiger partial charge in [0.2, 0.25) is 0 Å². The minimum Gasteiger partial charge on any atom is -0.381 e. The van der Waals surface area contributed by atoms with Crippen molar-refractivity contribution in [3.05, 3.63) is 17.5 Å². The van der Waals surface area contributed by atoms with Gasteiger partial charge in [-0.25, -0.2) is 4.99 Å².